The van der Waals surface area contributed by atoms with E-state index in [1.54, 1.807) is 48.5 Å². The van der Waals surface area contributed by atoms with Crippen molar-refractivity contribution in [3.05, 3.63) is 87.7 Å². The molecule has 1 heterocycles. The van der Waals surface area contributed by atoms with Crippen LogP contribution in [0.2, 0.25) is 10.0 Å². The second-order valence-electron chi connectivity index (χ2n) is 7.29. The van der Waals surface area contributed by atoms with E-state index in [1.165, 1.54) is 6.08 Å². The first-order chi connectivity index (χ1) is 15.3. The molecule has 6 nitrogen and oxygen atoms in total. The second-order valence-corrected chi connectivity index (χ2v) is 8.16. The number of amides is 2. The van der Waals surface area contributed by atoms with Gasteiger partial charge >= 0.3 is 0 Å². The van der Waals surface area contributed by atoms with E-state index in [0.717, 1.165) is 5.56 Å². The van der Waals surface area contributed by atoms with Crippen molar-refractivity contribution in [2.45, 2.75) is 0 Å². The lowest BCUT2D eigenvalue weighted by Crippen LogP contribution is -2.37. The first-order valence-corrected chi connectivity index (χ1v) is 10.6. The van der Waals surface area contributed by atoms with Gasteiger partial charge in [0.15, 0.2) is 0 Å². The molecule has 3 rings (SSSR count). The molecule has 0 aliphatic carbocycles. The number of nitrogens with zero attached hydrogens (tertiary/aromatic N) is 1. The van der Waals surface area contributed by atoms with Gasteiger partial charge in [-0.1, -0.05) is 23.2 Å². The number of likely N-dealkylation sites (N-methyl/N-ethyl adjacent to an activating group) is 1. The third-order valence-electron chi connectivity index (χ3n) is 4.49. The largest absolute Gasteiger partial charge is 0.457 e. The molecule has 0 atom stereocenters. The predicted molar refractivity (Wildman–Crippen MR) is 128 cm³/mol. The van der Waals surface area contributed by atoms with Crippen LogP contribution in [-0.2, 0) is 4.79 Å². The van der Waals surface area contributed by atoms with Gasteiger partial charge < -0.3 is 20.0 Å². The molecule has 166 valence electrons. The lowest BCUT2D eigenvalue weighted by atomic mass is 10.2. The summed E-state index contributed by atoms with van der Waals surface area (Å²) in [4.78, 5) is 27.4. The molecule has 0 fully saturated rings. The van der Waals surface area contributed by atoms with Crippen molar-refractivity contribution in [2.75, 3.05) is 27.2 Å². The van der Waals surface area contributed by atoms with Crippen LogP contribution >= 0.6 is 23.2 Å². The molecule has 0 saturated heterocycles. The van der Waals surface area contributed by atoms with Gasteiger partial charge in [0.05, 0.1) is 0 Å². The molecule has 0 saturated carbocycles. The van der Waals surface area contributed by atoms with Crippen LogP contribution < -0.4 is 10.6 Å². The van der Waals surface area contributed by atoms with Crippen LogP contribution in [0.4, 0.5) is 0 Å². The molecule has 0 radical (unpaired) electrons. The zero-order chi connectivity index (χ0) is 23.1. The highest BCUT2D eigenvalue weighted by Gasteiger charge is 2.16. The summed E-state index contributed by atoms with van der Waals surface area (Å²) in [6.07, 6.45) is 1.50. The van der Waals surface area contributed by atoms with Crippen molar-refractivity contribution in [1.29, 1.82) is 0 Å². The normalized spacial score (nSPS) is 11.5. The van der Waals surface area contributed by atoms with Crippen LogP contribution in [0.15, 0.2) is 70.8 Å². The Bertz CT molecular complexity index is 1100. The minimum absolute atomic E-state index is 0.0701. The molecule has 0 spiro atoms. The van der Waals surface area contributed by atoms with Gasteiger partial charge in [-0.15, -0.1) is 0 Å². The number of carbonyl (C=O) groups excluding carboxylic acids is 2. The van der Waals surface area contributed by atoms with Crippen molar-refractivity contribution < 1.29 is 14.0 Å². The molecule has 8 heteroatoms. The number of hydrogen-bond donors (Lipinski definition) is 2. The average Bonchev–Trinajstić information content (AvgIpc) is 3.22. The molecule has 0 aliphatic rings. The van der Waals surface area contributed by atoms with Gasteiger partial charge in [0.1, 0.15) is 17.2 Å². The van der Waals surface area contributed by atoms with E-state index in [1.807, 2.05) is 31.1 Å². The Morgan fingerprint density at radius 2 is 1.56 bits per heavy atom. The van der Waals surface area contributed by atoms with Gasteiger partial charge in [-0.05, 0) is 74.8 Å². The van der Waals surface area contributed by atoms with Gasteiger partial charge in [0.2, 0.25) is 0 Å². The molecule has 32 heavy (non-hydrogen) atoms. The molecular weight excluding hydrogens is 449 g/mol. The third kappa shape index (κ3) is 6.72. The number of carbonyl (C=O) groups is 2. The zero-order valence-corrected chi connectivity index (χ0v) is 19.2. The number of benzene rings is 2. The van der Waals surface area contributed by atoms with E-state index < -0.39 is 11.8 Å². The standard InChI is InChI=1S/C24H23Cl2N3O3/c1-29(2)14-13-27-24(31)21(28-23(30)17-5-9-19(26)10-6-17)15-20-11-12-22(32-20)16-3-7-18(25)8-4-16/h3-12,15H,13-14H2,1-2H3,(H,27,31)(H,28,30)/b21-15+. The number of rotatable bonds is 8. The number of hydrogen-bond acceptors (Lipinski definition) is 4. The minimum Gasteiger partial charge on any atom is -0.457 e. The van der Waals surface area contributed by atoms with Crippen molar-refractivity contribution in [3.8, 4) is 11.3 Å². The zero-order valence-electron chi connectivity index (χ0n) is 17.7. The summed E-state index contributed by atoms with van der Waals surface area (Å²) in [5, 5.41) is 6.62. The highest BCUT2D eigenvalue weighted by molar-refractivity contribution is 6.31. The number of furan rings is 1. The lowest BCUT2D eigenvalue weighted by Gasteiger charge is -2.13. The quantitative estimate of drug-likeness (QED) is 0.466. The predicted octanol–water partition coefficient (Wildman–Crippen LogP) is 4.70. The van der Waals surface area contributed by atoms with E-state index >= 15 is 0 Å². The Balaban J connectivity index is 1.83. The van der Waals surface area contributed by atoms with Crippen LogP contribution in [0, 0.1) is 0 Å². The van der Waals surface area contributed by atoms with Gasteiger partial charge in [-0.3, -0.25) is 9.59 Å². The first kappa shape index (κ1) is 23.6. The van der Waals surface area contributed by atoms with E-state index in [0.29, 0.717) is 40.2 Å². The molecule has 2 aromatic carbocycles. The lowest BCUT2D eigenvalue weighted by molar-refractivity contribution is -0.117. The number of halogens is 2. The molecule has 3 aromatic rings. The summed E-state index contributed by atoms with van der Waals surface area (Å²) in [5.41, 5.74) is 1.29. The number of nitrogens with one attached hydrogen (secondary N) is 2. The fraction of sp³-hybridized carbons (Fsp3) is 0.167. The van der Waals surface area contributed by atoms with Gasteiger partial charge in [0.25, 0.3) is 11.8 Å². The average molecular weight is 472 g/mol. The van der Waals surface area contributed by atoms with Crippen molar-refractivity contribution in [2.24, 2.45) is 0 Å². The summed E-state index contributed by atoms with van der Waals surface area (Å²) < 4.78 is 5.86. The van der Waals surface area contributed by atoms with E-state index in [2.05, 4.69) is 10.6 Å². The highest BCUT2D eigenvalue weighted by atomic mass is 35.5. The maximum absolute atomic E-state index is 12.8. The van der Waals surface area contributed by atoms with Gasteiger partial charge in [-0.2, -0.15) is 0 Å². The van der Waals surface area contributed by atoms with E-state index in [4.69, 9.17) is 27.6 Å². The Morgan fingerprint density at radius 3 is 2.19 bits per heavy atom. The Kier molecular flexibility index (Phi) is 8.11. The third-order valence-corrected chi connectivity index (χ3v) is 4.99. The van der Waals surface area contributed by atoms with Crippen LogP contribution in [0.25, 0.3) is 17.4 Å². The molecular formula is C24H23Cl2N3O3. The van der Waals surface area contributed by atoms with Crippen molar-refractivity contribution >= 4 is 41.1 Å². The van der Waals surface area contributed by atoms with Gasteiger partial charge in [0, 0.05) is 40.3 Å². The molecule has 0 aliphatic heterocycles. The maximum atomic E-state index is 12.8. The highest BCUT2D eigenvalue weighted by Crippen LogP contribution is 2.24. The molecule has 2 amide bonds. The van der Waals surface area contributed by atoms with Gasteiger partial charge in [-0.25, -0.2) is 0 Å². The summed E-state index contributed by atoms with van der Waals surface area (Å²) in [7, 11) is 3.82. The monoisotopic (exact) mass is 471 g/mol. The summed E-state index contributed by atoms with van der Waals surface area (Å²) >= 11 is 11.8. The fourth-order valence-corrected chi connectivity index (χ4v) is 3.04. The summed E-state index contributed by atoms with van der Waals surface area (Å²) in [5.74, 6) is 0.187. The Morgan fingerprint density at radius 1 is 0.938 bits per heavy atom. The van der Waals surface area contributed by atoms with Crippen molar-refractivity contribution in [1.82, 2.24) is 15.5 Å². The SMILES string of the molecule is CN(C)CCNC(=O)/C(=C\c1ccc(-c2ccc(Cl)cc2)o1)NC(=O)c1ccc(Cl)cc1. The Hall–Kier alpha value is -3.06. The fourth-order valence-electron chi connectivity index (χ4n) is 2.78. The molecule has 0 bridgehead atoms. The summed E-state index contributed by atoms with van der Waals surface area (Å²) in [6.45, 7) is 1.08. The Labute approximate surface area is 196 Å². The van der Waals surface area contributed by atoms with E-state index in [9.17, 15) is 9.59 Å². The van der Waals surface area contributed by atoms with Crippen LogP contribution in [-0.4, -0.2) is 43.9 Å². The minimum atomic E-state index is -0.430. The van der Waals surface area contributed by atoms with Crippen molar-refractivity contribution in [3.63, 3.8) is 0 Å². The van der Waals surface area contributed by atoms with Crippen LogP contribution in [0.1, 0.15) is 16.1 Å². The second kappa shape index (κ2) is 11.0. The van der Waals surface area contributed by atoms with Crippen LogP contribution in [0.3, 0.4) is 0 Å². The van der Waals surface area contributed by atoms with Crippen LogP contribution in [0.5, 0.6) is 0 Å². The first-order valence-electron chi connectivity index (χ1n) is 9.89. The topological polar surface area (TPSA) is 74.6 Å². The maximum Gasteiger partial charge on any atom is 0.267 e. The smallest absolute Gasteiger partial charge is 0.267 e. The molecule has 1 aromatic heterocycles. The molecule has 2 N–H and O–H groups in total. The molecule has 0 unspecified atom stereocenters. The van der Waals surface area contributed by atoms with E-state index in [-0.39, 0.29) is 5.70 Å². The summed E-state index contributed by atoms with van der Waals surface area (Å²) in [6, 6.07) is 17.1.